The Kier molecular flexibility index (Phi) is 3.00. The summed E-state index contributed by atoms with van der Waals surface area (Å²) < 4.78 is 5.28. The van der Waals surface area contributed by atoms with Crippen LogP contribution in [0.2, 0.25) is 0 Å². The van der Waals surface area contributed by atoms with Crippen LogP contribution >= 0.6 is 11.3 Å². The predicted octanol–water partition coefficient (Wildman–Crippen LogP) is 1.10. The largest absolute Gasteiger partial charge is 0.394 e. The van der Waals surface area contributed by atoms with Gasteiger partial charge in [0.1, 0.15) is 0 Å². The zero-order valence-corrected chi connectivity index (χ0v) is 8.72. The molecule has 0 aromatic carbocycles. The van der Waals surface area contributed by atoms with E-state index in [4.69, 9.17) is 4.74 Å². The van der Waals surface area contributed by atoms with Crippen LogP contribution in [0.25, 0.3) is 0 Å². The van der Waals surface area contributed by atoms with Crippen molar-refractivity contribution in [3.05, 3.63) is 11.6 Å². The SMILES string of the molecule is OCC1(Nc2nccs2)CCOCC1. The molecule has 0 unspecified atom stereocenters. The molecule has 0 aliphatic carbocycles. The Balaban J connectivity index is 2.04. The van der Waals surface area contributed by atoms with Gasteiger partial charge >= 0.3 is 0 Å². The molecule has 2 N–H and O–H groups in total. The standard InChI is InChI=1S/C9H14N2O2S/c12-7-9(1-4-13-5-2-9)11-8-10-3-6-14-8/h3,6,12H,1-2,4-5,7H2,(H,10,11). The first-order chi connectivity index (χ1) is 6.85. The van der Waals surface area contributed by atoms with E-state index in [0.29, 0.717) is 13.2 Å². The second kappa shape index (κ2) is 4.25. The van der Waals surface area contributed by atoms with Crippen LogP contribution in [0.1, 0.15) is 12.8 Å². The molecule has 4 nitrogen and oxygen atoms in total. The van der Waals surface area contributed by atoms with Crippen molar-refractivity contribution in [2.24, 2.45) is 0 Å². The van der Waals surface area contributed by atoms with Gasteiger partial charge < -0.3 is 15.2 Å². The molecule has 0 saturated carbocycles. The highest BCUT2D eigenvalue weighted by atomic mass is 32.1. The molecule has 1 aromatic heterocycles. The molecule has 0 amide bonds. The average molecular weight is 214 g/mol. The molecule has 0 atom stereocenters. The summed E-state index contributed by atoms with van der Waals surface area (Å²) in [6.07, 6.45) is 3.43. The summed E-state index contributed by atoms with van der Waals surface area (Å²) in [6.45, 7) is 1.55. The van der Waals surface area contributed by atoms with Gasteiger partial charge in [-0.25, -0.2) is 4.98 Å². The molecule has 1 aliphatic rings. The fraction of sp³-hybridized carbons (Fsp3) is 0.667. The van der Waals surface area contributed by atoms with Crippen molar-refractivity contribution in [1.82, 2.24) is 4.98 Å². The van der Waals surface area contributed by atoms with Crippen LogP contribution in [-0.4, -0.2) is 35.5 Å². The summed E-state index contributed by atoms with van der Waals surface area (Å²) in [5.41, 5.74) is -0.226. The Morgan fingerprint density at radius 1 is 1.57 bits per heavy atom. The van der Waals surface area contributed by atoms with Gasteiger partial charge in [-0.15, -0.1) is 11.3 Å². The third-order valence-corrected chi connectivity index (χ3v) is 3.25. The first-order valence-electron chi connectivity index (χ1n) is 4.71. The zero-order chi connectivity index (χ0) is 9.86. The molecule has 78 valence electrons. The number of aromatic nitrogens is 1. The molecule has 0 radical (unpaired) electrons. The molecule has 0 spiro atoms. The van der Waals surface area contributed by atoms with Crippen molar-refractivity contribution in [3.8, 4) is 0 Å². The molecule has 0 bridgehead atoms. The van der Waals surface area contributed by atoms with E-state index in [1.54, 1.807) is 17.5 Å². The van der Waals surface area contributed by atoms with E-state index in [-0.39, 0.29) is 12.1 Å². The van der Waals surface area contributed by atoms with E-state index in [1.807, 2.05) is 5.38 Å². The van der Waals surface area contributed by atoms with E-state index >= 15 is 0 Å². The molecular formula is C9H14N2O2S. The molecular weight excluding hydrogens is 200 g/mol. The van der Waals surface area contributed by atoms with Crippen LogP contribution in [0.3, 0.4) is 0 Å². The van der Waals surface area contributed by atoms with Gasteiger partial charge in [-0.2, -0.15) is 0 Å². The first kappa shape index (κ1) is 9.89. The van der Waals surface area contributed by atoms with Gasteiger partial charge in [0.2, 0.25) is 0 Å². The van der Waals surface area contributed by atoms with Crippen LogP contribution < -0.4 is 5.32 Å². The van der Waals surface area contributed by atoms with Gasteiger partial charge in [0.25, 0.3) is 0 Å². The molecule has 2 rings (SSSR count). The highest BCUT2D eigenvalue weighted by Crippen LogP contribution is 2.26. The number of aliphatic hydroxyl groups excluding tert-OH is 1. The maximum Gasteiger partial charge on any atom is 0.183 e. The highest BCUT2D eigenvalue weighted by molar-refractivity contribution is 7.13. The van der Waals surface area contributed by atoms with E-state index < -0.39 is 0 Å². The zero-order valence-electron chi connectivity index (χ0n) is 7.90. The molecule has 1 aliphatic heterocycles. The maximum absolute atomic E-state index is 9.40. The number of ether oxygens (including phenoxy) is 1. The van der Waals surface area contributed by atoms with Gasteiger partial charge in [-0.1, -0.05) is 0 Å². The van der Waals surface area contributed by atoms with Gasteiger partial charge in [0, 0.05) is 24.8 Å². The third-order valence-electron chi connectivity index (χ3n) is 2.56. The van der Waals surface area contributed by atoms with E-state index in [1.165, 1.54) is 0 Å². The van der Waals surface area contributed by atoms with Crippen LogP contribution in [-0.2, 0) is 4.74 Å². The average Bonchev–Trinajstić information content (AvgIpc) is 2.72. The lowest BCUT2D eigenvalue weighted by Gasteiger charge is -2.36. The van der Waals surface area contributed by atoms with Crippen LogP contribution in [0, 0.1) is 0 Å². The fourth-order valence-electron chi connectivity index (χ4n) is 1.60. The summed E-state index contributed by atoms with van der Waals surface area (Å²) in [5, 5.41) is 15.5. The molecule has 1 fully saturated rings. The minimum absolute atomic E-state index is 0.135. The minimum atomic E-state index is -0.226. The van der Waals surface area contributed by atoms with Crippen molar-refractivity contribution < 1.29 is 9.84 Å². The maximum atomic E-state index is 9.40. The lowest BCUT2D eigenvalue weighted by molar-refractivity contribution is 0.0380. The number of hydrogen-bond acceptors (Lipinski definition) is 5. The second-order valence-corrected chi connectivity index (χ2v) is 4.41. The Labute approximate surface area is 86.9 Å². The third kappa shape index (κ3) is 2.05. The lowest BCUT2D eigenvalue weighted by Crippen LogP contribution is -2.46. The van der Waals surface area contributed by atoms with Gasteiger partial charge in [-0.3, -0.25) is 0 Å². The molecule has 1 saturated heterocycles. The second-order valence-electron chi connectivity index (χ2n) is 3.51. The lowest BCUT2D eigenvalue weighted by atomic mass is 9.91. The van der Waals surface area contributed by atoms with Crippen molar-refractivity contribution in [2.75, 3.05) is 25.1 Å². The van der Waals surface area contributed by atoms with Crippen LogP contribution in [0.5, 0.6) is 0 Å². The number of nitrogens with zero attached hydrogens (tertiary/aromatic N) is 1. The summed E-state index contributed by atoms with van der Waals surface area (Å²) >= 11 is 1.56. The number of thiazole rings is 1. The molecule has 1 aromatic rings. The number of rotatable bonds is 3. The van der Waals surface area contributed by atoms with Crippen molar-refractivity contribution in [1.29, 1.82) is 0 Å². The summed E-state index contributed by atoms with van der Waals surface area (Å²) in [7, 11) is 0. The van der Waals surface area contributed by atoms with Crippen molar-refractivity contribution in [3.63, 3.8) is 0 Å². The van der Waals surface area contributed by atoms with Crippen molar-refractivity contribution in [2.45, 2.75) is 18.4 Å². The minimum Gasteiger partial charge on any atom is -0.394 e. The summed E-state index contributed by atoms with van der Waals surface area (Å²) in [5.74, 6) is 0. The number of nitrogens with one attached hydrogen (secondary N) is 1. The number of hydrogen-bond donors (Lipinski definition) is 2. The molecule has 2 heterocycles. The van der Waals surface area contributed by atoms with Gasteiger partial charge in [0.05, 0.1) is 12.1 Å². The van der Waals surface area contributed by atoms with Gasteiger partial charge in [0.15, 0.2) is 5.13 Å². The normalized spacial score (nSPS) is 20.6. The van der Waals surface area contributed by atoms with E-state index in [0.717, 1.165) is 18.0 Å². The number of aliphatic hydroxyl groups is 1. The van der Waals surface area contributed by atoms with Gasteiger partial charge in [-0.05, 0) is 12.8 Å². The van der Waals surface area contributed by atoms with Crippen LogP contribution in [0.15, 0.2) is 11.6 Å². The molecule has 14 heavy (non-hydrogen) atoms. The van der Waals surface area contributed by atoms with E-state index in [9.17, 15) is 5.11 Å². The summed E-state index contributed by atoms with van der Waals surface area (Å²) in [6, 6.07) is 0. The highest BCUT2D eigenvalue weighted by Gasteiger charge is 2.32. The van der Waals surface area contributed by atoms with Crippen LogP contribution in [0.4, 0.5) is 5.13 Å². The first-order valence-corrected chi connectivity index (χ1v) is 5.59. The Morgan fingerprint density at radius 2 is 2.36 bits per heavy atom. The number of anilines is 1. The predicted molar refractivity (Wildman–Crippen MR) is 55.6 cm³/mol. The smallest absolute Gasteiger partial charge is 0.183 e. The summed E-state index contributed by atoms with van der Waals surface area (Å²) in [4.78, 5) is 4.16. The Hall–Kier alpha value is -0.650. The van der Waals surface area contributed by atoms with E-state index in [2.05, 4.69) is 10.3 Å². The Morgan fingerprint density at radius 3 is 2.93 bits per heavy atom. The Bertz CT molecular complexity index is 270. The molecule has 5 heteroatoms. The monoisotopic (exact) mass is 214 g/mol. The topological polar surface area (TPSA) is 54.4 Å². The quantitative estimate of drug-likeness (QED) is 0.791. The van der Waals surface area contributed by atoms with Crippen molar-refractivity contribution >= 4 is 16.5 Å². The fourth-order valence-corrected chi connectivity index (χ4v) is 2.24.